The third kappa shape index (κ3) is 2.38. The van der Waals surface area contributed by atoms with Crippen molar-refractivity contribution >= 4 is 12.2 Å². The van der Waals surface area contributed by atoms with Crippen molar-refractivity contribution in [3.05, 3.63) is 83.3 Å². The number of rotatable bonds is 4. The molecule has 120 valence electrons. The highest BCUT2D eigenvalue weighted by molar-refractivity contribution is 5.74. The maximum atomic E-state index is 4.00. The normalized spacial score (nSPS) is 20.7. The zero-order chi connectivity index (χ0) is 16.5. The van der Waals surface area contributed by atoms with E-state index >= 15 is 0 Å². The van der Waals surface area contributed by atoms with E-state index < -0.39 is 0 Å². The molecule has 2 aliphatic rings. The third-order valence-electron chi connectivity index (χ3n) is 5.64. The molecule has 2 atom stereocenters. The summed E-state index contributed by atoms with van der Waals surface area (Å²) in [6.07, 6.45) is 13.3. The Balaban J connectivity index is 1.90. The number of fused-ring (bicyclic) bond motifs is 5. The highest BCUT2D eigenvalue weighted by atomic mass is 14.3. The number of allylic oxidation sites excluding steroid dienone is 2. The first-order chi connectivity index (χ1) is 11.8. The number of benzene rings is 2. The fourth-order valence-electron chi connectivity index (χ4n) is 4.49. The summed E-state index contributed by atoms with van der Waals surface area (Å²) in [6.45, 7) is 7.95. The number of hydrogen-bond donors (Lipinski definition) is 0. The van der Waals surface area contributed by atoms with Gasteiger partial charge in [0.15, 0.2) is 0 Å². The van der Waals surface area contributed by atoms with Gasteiger partial charge in [-0.15, -0.1) is 13.2 Å². The Morgan fingerprint density at radius 2 is 1.71 bits per heavy atom. The molecular weight excluding hydrogens is 288 g/mol. The molecule has 0 bridgehead atoms. The van der Waals surface area contributed by atoms with Crippen LogP contribution in [-0.2, 0) is 6.42 Å². The molecule has 0 N–H and O–H groups in total. The molecule has 2 unspecified atom stereocenters. The largest absolute Gasteiger partial charge is 0.103 e. The van der Waals surface area contributed by atoms with Gasteiger partial charge < -0.3 is 0 Å². The minimum Gasteiger partial charge on any atom is -0.103 e. The average molecular weight is 312 g/mol. The van der Waals surface area contributed by atoms with Gasteiger partial charge in [0.05, 0.1) is 0 Å². The second-order valence-electron chi connectivity index (χ2n) is 6.95. The summed E-state index contributed by atoms with van der Waals surface area (Å²) in [5.74, 6) is 1.22. The minimum atomic E-state index is 0.566. The van der Waals surface area contributed by atoms with E-state index in [2.05, 4.69) is 73.9 Å². The van der Waals surface area contributed by atoms with Gasteiger partial charge in [-0.25, -0.2) is 0 Å². The van der Waals surface area contributed by atoms with E-state index in [1.165, 1.54) is 32.7 Å². The molecule has 0 spiro atoms. The van der Waals surface area contributed by atoms with E-state index in [4.69, 9.17) is 0 Å². The SMILES string of the molecule is C=CCC1CC=c2c(ccc3c2=CCc2ccccc2-3)C1CC=C. The van der Waals surface area contributed by atoms with Crippen LogP contribution in [0.2, 0.25) is 0 Å². The molecule has 0 saturated carbocycles. The topological polar surface area (TPSA) is 0 Å². The molecule has 0 nitrogen and oxygen atoms in total. The van der Waals surface area contributed by atoms with Gasteiger partial charge >= 0.3 is 0 Å². The predicted molar refractivity (Wildman–Crippen MR) is 104 cm³/mol. The molecule has 2 aliphatic carbocycles. The summed E-state index contributed by atoms with van der Waals surface area (Å²) in [7, 11) is 0. The Bertz CT molecular complexity index is 914. The number of hydrogen-bond acceptors (Lipinski definition) is 0. The zero-order valence-electron chi connectivity index (χ0n) is 14.2. The van der Waals surface area contributed by atoms with E-state index in [-0.39, 0.29) is 0 Å². The van der Waals surface area contributed by atoms with Gasteiger partial charge in [0.25, 0.3) is 0 Å². The zero-order valence-corrected chi connectivity index (χ0v) is 14.2. The first kappa shape index (κ1) is 15.2. The van der Waals surface area contributed by atoms with Crippen molar-refractivity contribution in [2.45, 2.75) is 31.6 Å². The van der Waals surface area contributed by atoms with Crippen LogP contribution in [0, 0.1) is 5.92 Å². The van der Waals surface area contributed by atoms with Crippen LogP contribution in [0.25, 0.3) is 23.3 Å². The van der Waals surface area contributed by atoms with Crippen LogP contribution in [0.3, 0.4) is 0 Å². The fraction of sp³-hybridized carbons (Fsp3) is 0.250. The van der Waals surface area contributed by atoms with Crippen molar-refractivity contribution in [2.75, 3.05) is 0 Å². The molecule has 2 aromatic rings. The van der Waals surface area contributed by atoms with Crippen molar-refractivity contribution in [2.24, 2.45) is 5.92 Å². The lowest BCUT2D eigenvalue weighted by Gasteiger charge is -2.30. The molecule has 0 aromatic heterocycles. The maximum Gasteiger partial charge on any atom is -0.00819 e. The highest BCUT2D eigenvalue weighted by Gasteiger charge is 2.26. The molecule has 0 radical (unpaired) electrons. The monoisotopic (exact) mass is 312 g/mol. The van der Waals surface area contributed by atoms with Crippen molar-refractivity contribution in [1.29, 1.82) is 0 Å². The molecule has 0 fully saturated rings. The summed E-state index contributed by atoms with van der Waals surface area (Å²) in [4.78, 5) is 0. The molecule has 4 rings (SSSR count). The van der Waals surface area contributed by atoms with Gasteiger partial charge in [-0.05, 0) is 70.2 Å². The summed E-state index contributed by atoms with van der Waals surface area (Å²) < 4.78 is 0. The molecular formula is C24H24. The molecule has 0 saturated heterocycles. The first-order valence-corrected chi connectivity index (χ1v) is 8.97. The van der Waals surface area contributed by atoms with E-state index in [0.717, 1.165) is 25.7 Å². The Hall–Kier alpha value is -2.34. The standard InChI is InChI=1S/C24H24/c1-3-7-17-11-13-23-21(19(17)8-4-2)15-16-22-20-10-6-5-9-18(20)12-14-24(22)23/h3-6,9-10,13-17,19H,1-2,7-8,11-12H2. The van der Waals surface area contributed by atoms with Crippen molar-refractivity contribution in [1.82, 2.24) is 0 Å². The molecule has 0 amide bonds. The second kappa shape index (κ2) is 6.28. The van der Waals surface area contributed by atoms with E-state index in [9.17, 15) is 0 Å². The van der Waals surface area contributed by atoms with Crippen LogP contribution < -0.4 is 10.4 Å². The second-order valence-corrected chi connectivity index (χ2v) is 6.95. The molecule has 0 aliphatic heterocycles. The summed E-state index contributed by atoms with van der Waals surface area (Å²) >= 11 is 0. The first-order valence-electron chi connectivity index (χ1n) is 8.97. The summed E-state index contributed by atoms with van der Waals surface area (Å²) in [6, 6.07) is 13.5. The fourth-order valence-corrected chi connectivity index (χ4v) is 4.49. The van der Waals surface area contributed by atoms with E-state index in [0.29, 0.717) is 11.8 Å². The average Bonchev–Trinajstić information content (AvgIpc) is 2.63. The van der Waals surface area contributed by atoms with Crippen molar-refractivity contribution in [3.8, 4) is 11.1 Å². The highest BCUT2D eigenvalue weighted by Crippen LogP contribution is 2.35. The van der Waals surface area contributed by atoms with Gasteiger partial charge in [-0.2, -0.15) is 0 Å². The summed E-state index contributed by atoms with van der Waals surface area (Å²) in [5, 5.41) is 2.91. The van der Waals surface area contributed by atoms with Crippen LogP contribution in [0.15, 0.2) is 61.7 Å². The quantitative estimate of drug-likeness (QED) is 0.716. The van der Waals surface area contributed by atoms with E-state index in [1.807, 2.05) is 0 Å². The summed E-state index contributed by atoms with van der Waals surface area (Å²) in [5.41, 5.74) is 5.74. The van der Waals surface area contributed by atoms with Gasteiger partial charge in [0.1, 0.15) is 0 Å². The lowest BCUT2D eigenvalue weighted by molar-refractivity contribution is 0.430. The minimum absolute atomic E-state index is 0.566. The molecule has 2 aromatic carbocycles. The van der Waals surface area contributed by atoms with Gasteiger partial charge in [0.2, 0.25) is 0 Å². The maximum absolute atomic E-state index is 4.00. The third-order valence-corrected chi connectivity index (χ3v) is 5.64. The van der Waals surface area contributed by atoms with Crippen LogP contribution in [0.5, 0.6) is 0 Å². The Kier molecular flexibility index (Phi) is 3.98. The van der Waals surface area contributed by atoms with Crippen molar-refractivity contribution < 1.29 is 0 Å². The lowest BCUT2D eigenvalue weighted by atomic mass is 9.74. The van der Waals surface area contributed by atoms with Crippen LogP contribution in [0.1, 0.15) is 36.3 Å². The lowest BCUT2D eigenvalue weighted by Crippen LogP contribution is -2.37. The molecule has 24 heavy (non-hydrogen) atoms. The Morgan fingerprint density at radius 1 is 0.875 bits per heavy atom. The predicted octanol–water partition coefficient (Wildman–Crippen LogP) is 4.73. The van der Waals surface area contributed by atoms with Gasteiger partial charge in [0, 0.05) is 0 Å². The van der Waals surface area contributed by atoms with Gasteiger partial charge in [-0.1, -0.05) is 60.7 Å². The molecule has 0 heteroatoms. The Morgan fingerprint density at radius 3 is 2.54 bits per heavy atom. The Labute approximate surface area is 144 Å². The molecule has 0 heterocycles. The van der Waals surface area contributed by atoms with Gasteiger partial charge in [-0.3, -0.25) is 0 Å². The van der Waals surface area contributed by atoms with Crippen LogP contribution in [-0.4, -0.2) is 0 Å². The van der Waals surface area contributed by atoms with E-state index in [1.54, 1.807) is 0 Å². The van der Waals surface area contributed by atoms with Crippen LogP contribution >= 0.6 is 0 Å². The van der Waals surface area contributed by atoms with Crippen LogP contribution in [0.4, 0.5) is 0 Å². The van der Waals surface area contributed by atoms with Crippen molar-refractivity contribution in [3.63, 3.8) is 0 Å². The smallest absolute Gasteiger partial charge is 0.00819 e.